The lowest BCUT2D eigenvalue weighted by atomic mass is 9.75. The van der Waals surface area contributed by atoms with E-state index in [0.717, 1.165) is 113 Å². The molecule has 3 fully saturated rings. The molecule has 1 aliphatic heterocycles. The molecule has 0 bridgehead atoms. The third-order valence-corrected chi connectivity index (χ3v) is 14.1. The number of pyridine rings is 2. The zero-order chi connectivity index (χ0) is 41.5. The highest BCUT2D eigenvalue weighted by Gasteiger charge is 2.50. The van der Waals surface area contributed by atoms with Crippen LogP contribution in [0, 0.1) is 25.5 Å². The molecule has 1 N–H and O–H groups in total. The predicted molar refractivity (Wildman–Crippen MR) is 238 cm³/mol. The van der Waals surface area contributed by atoms with Crippen molar-refractivity contribution < 1.29 is 23.0 Å². The first-order valence-electron chi connectivity index (χ1n) is 21.8. The Labute approximate surface area is 363 Å². The molecular weight excluding hydrogens is 794 g/mol. The van der Waals surface area contributed by atoms with Crippen molar-refractivity contribution in [3.63, 3.8) is 0 Å². The maximum atomic E-state index is 15.5. The van der Waals surface area contributed by atoms with Crippen molar-refractivity contribution in [1.29, 1.82) is 0 Å². The third kappa shape index (κ3) is 7.35. The van der Waals surface area contributed by atoms with Crippen LogP contribution >= 0.6 is 12.4 Å². The largest absolute Gasteiger partial charge is 0.481 e. The Morgan fingerprint density at radius 2 is 1.20 bits per heavy atom. The van der Waals surface area contributed by atoms with E-state index in [9.17, 15) is 4.79 Å². The van der Waals surface area contributed by atoms with E-state index >= 15 is 8.78 Å². The number of nitrogens with one attached hydrogen (secondary N) is 1. The maximum Gasteiger partial charge on any atom is 0.215 e. The van der Waals surface area contributed by atoms with Gasteiger partial charge in [0.1, 0.15) is 17.2 Å². The third-order valence-electron chi connectivity index (χ3n) is 14.1. The van der Waals surface area contributed by atoms with E-state index in [2.05, 4.69) is 14.5 Å². The molecule has 0 atom stereocenters. The number of rotatable bonds is 11. The van der Waals surface area contributed by atoms with Gasteiger partial charge in [0.25, 0.3) is 0 Å². The average molecular weight is 851 g/mol. The smallest absolute Gasteiger partial charge is 0.215 e. The Hall–Kier alpha value is -5.00. The summed E-state index contributed by atoms with van der Waals surface area (Å²) in [6.45, 7) is 5.17. The topological polar surface area (TPSA) is 86.4 Å². The van der Waals surface area contributed by atoms with Crippen LogP contribution in [0.2, 0.25) is 0 Å². The molecule has 61 heavy (non-hydrogen) atoms. The van der Waals surface area contributed by atoms with Gasteiger partial charge in [0.15, 0.2) is 0 Å². The van der Waals surface area contributed by atoms with E-state index in [-0.39, 0.29) is 36.1 Å². The van der Waals surface area contributed by atoms with Crippen LogP contribution in [0.3, 0.4) is 0 Å². The number of carbonyl (C=O) groups is 1. The quantitative estimate of drug-likeness (QED) is 0.131. The lowest BCUT2D eigenvalue weighted by Gasteiger charge is -2.47. The highest BCUT2D eigenvalue weighted by molar-refractivity contribution is 5.93. The number of methoxy groups -OCH3 is 2. The molecule has 0 unspecified atom stereocenters. The number of benzene rings is 2. The molecule has 9 nitrogen and oxygen atoms in total. The summed E-state index contributed by atoms with van der Waals surface area (Å²) in [5.41, 5.74) is 7.87. The van der Waals surface area contributed by atoms with Crippen LogP contribution in [0.4, 0.5) is 8.78 Å². The fourth-order valence-corrected chi connectivity index (χ4v) is 11.0. The van der Waals surface area contributed by atoms with Crippen LogP contribution in [0.25, 0.3) is 21.8 Å². The first kappa shape index (κ1) is 42.7. The van der Waals surface area contributed by atoms with Gasteiger partial charge in [0.05, 0.1) is 25.3 Å². The van der Waals surface area contributed by atoms with E-state index in [0.29, 0.717) is 55.4 Å². The molecule has 2 aliphatic carbocycles. The summed E-state index contributed by atoms with van der Waals surface area (Å²) in [5.74, 6) is 0.523. The van der Waals surface area contributed by atoms with Crippen molar-refractivity contribution in [2.24, 2.45) is 0 Å². The number of aromatic nitrogens is 4. The zero-order valence-corrected chi connectivity index (χ0v) is 36.6. The highest BCUT2D eigenvalue weighted by atomic mass is 35.5. The number of fused-ring (bicyclic) bond motifs is 2. The first-order valence-corrected chi connectivity index (χ1v) is 21.8. The molecule has 322 valence electrons. The fraction of sp³-hybridized carbons (Fsp3) is 0.449. The SMILES string of the molecule is COc1cc2c(cn1)c(C1(c3c(Cc4cccc(F)c4C)n(C4CCCCC4)c4cc(OC)ncc34)CNCCN1C=O)c(Cc1cccc(F)c1C)n2C1CCCCC1.Cl. The summed E-state index contributed by atoms with van der Waals surface area (Å²) in [7, 11) is 3.28. The van der Waals surface area contributed by atoms with Crippen LogP contribution in [-0.2, 0) is 23.2 Å². The minimum absolute atomic E-state index is 0. The molecule has 12 heteroatoms. The van der Waals surface area contributed by atoms with Gasteiger partial charge in [0.2, 0.25) is 18.2 Å². The van der Waals surface area contributed by atoms with E-state index in [4.69, 9.17) is 19.4 Å². The number of piperazine rings is 1. The van der Waals surface area contributed by atoms with Gasteiger partial charge in [-0.25, -0.2) is 18.7 Å². The van der Waals surface area contributed by atoms with Crippen LogP contribution in [0.15, 0.2) is 60.9 Å². The molecule has 5 heterocycles. The molecule has 2 saturated carbocycles. The molecule has 1 amide bonds. The van der Waals surface area contributed by atoms with E-state index < -0.39 is 5.54 Å². The number of hydrogen-bond acceptors (Lipinski definition) is 6. The lowest BCUT2D eigenvalue weighted by molar-refractivity contribution is -0.124. The summed E-state index contributed by atoms with van der Waals surface area (Å²) in [4.78, 5) is 25.8. The molecule has 3 aliphatic rings. The second-order valence-corrected chi connectivity index (χ2v) is 17.2. The van der Waals surface area contributed by atoms with Crippen LogP contribution in [-0.4, -0.2) is 64.3 Å². The molecule has 0 spiro atoms. The highest BCUT2D eigenvalue weighted by Crippen LogP contribution is 2.52. The molecule has 4 aromatic heterocycles. The van der Waals surface area contributed by atoms with E-state index in [1.165, 1.54) is 25.0 Å². The molecule has 0 radical (unpaired) electrons. The van der Waals surface area contributed by atoms with Gasteiger partial charge in [-0.15, -0.1) is 12.4 Å². The molecular formula is C49H57ClF2N6O3. The Morgan fingerprint density at radius 3 is 1.62 bits per heavy atom. The van der Waals surface area contributed by atoms with Gasteiger partial charge >= 0.3 is 0 Å². The molecule has 9 rings (SSSR count). The second-order valence-electron chi connectivity index (χ2n) is 17.2. The summed E-state index contributed by atoms with van der Waals surface area (Å²) >= 11 is 0. The Bertz CT molecular complexity index is 2400. The minimum Gasteiger partial charge on any atom is -0.481 e. The normalized spacial score (nSPS) is 17.4. The van der Waals surface area contributed by atoms with Gasteiger partial charge in [-0.3, -0.25) is 4.79 Å². The zero-order valence-electron chi connectivity index (χ0n) is 35.7. The second kappa shape index (κ2) is 17.8. The molecule has 1 saturated heterocycles. The van der Waals surface area contributed by atoms with Crippen LogP contribution < -0.4 is 14.8 Å². The first-order chi connectivity index (χ1) is 29.3. The predicted octanol–water partition coefficient (Wildman–Crippen LogP) is 10.2. The van der Waals surface area contributed by atoms with Crippen LogP contribution in [0.5, 0.6) is 11.8 Å². The number of halogens is 3. The lowest BCUT2D eigenvalue weighted by Crippen LogP contribution is -2.59. The summed E-state index contributed by atoms with van der Waals surface area (Å²) in [6.07, 6.45) is 16.5. The van der Waals surface area contributed by atoms with Crippen molar-refractivity contribution in [3.8, 4) is 11.8 Å². The summed E-state index contributed by atoms with van der Waals surface area (Å²) in [6, 6.07) is 15.1. The van der Waals surface area contributed by atoms with Gasteiger partial charge in [-0.1, -0.05) is 62.8 Å². The number of amides is 1. The Morgan fingerprint density at radius 1 is 0.738 bits per heavy atom. The van der Waals surface area contributed by atoms with Gasteiger partial charge in [-0.05, 0) is 73.9 Å². The van der Waals surface area contributed by atoms with Gasteiger partial charge in [-0.2, -0.15) is 0 Å². The van der Waals surface area contributed by atoms with Crippen molar-refractivity contribution in [2.75, 3.05) is 33.9 Å². The Balaban J connectivity index is 0.00000514. The summed E-state index contributed by atoms with van der Waals surface area (Å²) < 4.78 is 47.7. The van der Waals surface area contributed by atoms with Crippen molar-refractivity contribution in [1.82, 2.24) is 29.3 Å². The average Bonchev–Trinajstić information content (AvgIpc) is 3.78. The monoisotopic (exact) mass is 850 g/mol. The van der Waals surface area contributed by atoms with Crippen molar-refractivity contribution in [3.05, 3.63) is 117 Å². The molecule has 2 aromatic carbocycles. The van der Waals surface area contributed by atoms with Crippen molar-refractivity contribution in [2.45, 2.75) is 109 Å². The summed E-state index contributed by atoms with van der Waals surface area (Å²) in [5, 5.41) is 5.63. The van der Waals surface area contributed by atoms with Gasteiger partial charge in [0, 0.05) is 102 Å². The van der Waals surface area contributed by atoms with E-state index in [1.54, 1.807) is 26.4 Å². The van der Waals surface area contributed by atoms with Crippen LogP contribution in [0.1, 0.15) is 121 Å². The number of ether oxygens (including phenoxy) is 2. The fourth-order valence-electron chi connectivity index (χ4n) is 11.0. The molecule has 6 aromatic rings. The number of carbonyl (C=O) groups excluding carboxylic acids is 1. The van der Waals surface area contributed by atoms with Gasteiger partial charge < -0.3 is 28.8 Å². The van der Waals surface area contributed by atoms with E-state index in [1.807, 2.05) is 55.4 Å². The minimum atomic E-state index is -1.10. The number of nitrogens with zero attached hydrogens (tertiary/aromatic N) is 5. The van der Waals surface area contributed by atoms with Crippen molar-refractivity contribution >= 4 is 40.6 Å². The maximum absolute atomic E-state index is 15.5. The number of hydrogen-bond donors (Lipinski definition) is 1. The Kier molecular flexibility index (Phi) is 12.4. The standard InChI is InChI=1S/C49H56F2N6O3.ClH/c1-31-33(13-11-19-39(31)50)23-43-47(37-27-53-45(59-3)25-41(37)56(43)35-15-7-5-8-16-35)49(29-52-21-22-55(49)30-58)48-38-28-54-46(60-4)26-42(38)57(36-17-9-6-10-18-36)44(48)24-34-14-12-20-40(51)32(34)2;/h11-14,19-20,25-28,30,35-36,52H,5-10,15-18,21-24,29H2,1-4H3;1H.